The number of rotatable bonds is 0. The van der Waals surface area contributed by atoms with Crippen LogP contribution in [-0.2, 0) is 0 Å². The largest absolute Gasteiger partial charge is 0.398 e. The fourth-order valence-corrected chi connectivity index (χ4v) is 1.31. The van der Waals surface area contributed by atoms with Gasteiger partial charge in [-0.3, -0.25) is 0 Å². The Kier molecular flexibility index (Phi) is 2.88. The molecular weight excluding hydrogens is 201 g/mol. The molecule has 0 aliphatic heterocycles. The highest BCUT2D eigenvalue weighted by Crippen LogP contribution is 2.09. The highest BCUT2D eigenvalue weighted by molar-refractivity contribution is 5.57. The minimum absolute atomic E-state index is 0.315. The number of halogens is 1. The molecule has 0 radical (unpaired) electrons. The van der Waals surface area contributed by atoms with E-state index in [1.807, 2.05) is 18.2 Å². The molecule has 0 spiro atoms. The summed E-state index contributed by atoms with van der Waals surface area (Å²) in [5.41, 5.74) is 7.42. The predicted molar refractivity (Wildman–Crippen MR) is 63.2 cm³/mol. The number of benzene rings is 2. The molecule has 0 saturated carbocycles. The van der Waals surface area contributed by atoms with Crippen LogP contribution in [0.4, 0.5) is 10.1 Å². The summed E-state index contributed by atoms with van der Waals surface area (Å²) in [7, 11) is 0. The molecule has 2 N–H and O–H groups in total. The first-order valence-electron chi connectivity index (χ1n) is 4.88. The SMILES string of the molecule is Nc1ccccc1C#Cc1ccccc1F. The highest BCUT2D eigenvalue weighted by atomic mass is 19.1. The van der Waals surface area contributed by atoms with Crippen LogP contribution in [0.15, 0.2) is 48.5 Å². The summed E-state index contributed by atoms with van der Waals surface area (Å²) in [6.07, 6.45) is 0. The molecule has 2 heteroatoms. The molecule has 2 rings (SSSR count). The van der Waals surface area contributed by atoms with Crippen molar-refractivity contribution in [3.63, 3.8) is 0 Å². The van der Waals surface area contributed by atoms with Gasteiger partial charge < -0.3 is 5.73 Å². The molecule has 0 heterocycles. The summed E-state index contributed by atoms with van der Waals surface area (Å²) in [6.45, 7) is 0. The van der Waals surface area contributed by atoms with Crippen LogP contribution in [0, 0.1) is 17.7 Å². The number of hydrogen-bond acceptors (Lipinski definition) is 1. The Morgan fingerprint density at radius 3 is 2.06 bits per heavy atom. The average molecular weight is 211 g/mol. The Morgan fingerprint density at radius 1 is 0.812 bits per heavy atom. The van der Waals surface area contributed by atoms with Gasteiger partial charge in [-0.25, -0.2) is 4.39 Å². The van der Waals surface area contributed by atoms with Crippen molar-refractivity contribution < 1.29 is 4.39 Å². The molecule has 0 atom stereocenters. The third-order valence-electron chi connectivity index (χ3n) is 2.17. The van der Waals surface area contributed by atoms with Gasteiger partial charge in [0, 0.05) is 11.3 Å². The van der Waals surface area contributed by atoms with E-state index in [-0.39, 0.29) is 5.82 Å². The Bertz CT molecular complexity index is 515. The van der Waals surface area contributed by atoms with Crippen molar-refractivity contribution in [2.75, 3.05) is 5.73 Å². The van der Waals surface area contributed by atoms with Gasteiger partial charge in [0.15, 0.2) is 0 Å². The molecule has 0 amide bonds. The zero-order chi connectivity index (χ0) is 11.4. The molecule has 1 nitrogen and oxygen atoms in total. The first kappa shape index (κ1) is 10.3. The standard InChI is InChI=1S/C14H10FN/c15-13-7-3-1-5-11(13)9-10-12-6-2-4-8-14(12)16/h1-8H,16H2. The summed E-state index contributed by atoms with van der Waals surface area (Å²) in [6, 6.07) is 13.7. The lowest BCUT2D eigenvalue weighted by Crippen LogP contribution is -1.89. The monoisotopic (exact) mass is 211 g/mol. The van der Waals surface area contributed by atoms with E-state index >= 15 is 0 Å². The molecule has 0 unspecified atom stereocenters. The summed E-state index contributed by atoms with van der Waals surface area (Å²) >= 11 is 0. The quantitative estimate of drug-likeness (QED) is 0.526. The zero-order valence-electron chi connectivity index (χ0n) is 8.57. The van der Waals surface area contributed by atoms with Gasteiger partial charge >= 0.3 is 0 Å². The number of hydrogen-bond donors (Lipinski definition) is 1. The number of para-hydroxylation sites is 1. The van der Waals surface area contributed by atoms with E-state index in [4.69, 9.17) is 5.73 Å². The lowest BCUT2D eigenvalue weighted by Gasteiger charge is -1.95. The zero-order valence-corrected chi connectivity index (χ0v) is 8.57. The van der Waals surface area contributed by atoms with Gasteiger partial charge in [0.2, 0.25) is 0 Å². The predicted octanol–water partition coefficient (Wildman–Crippen LogP) is 2.81. The molecule has 16 heavy (non-hydrogen) atoms. The van der Waals surface area contributed by atoms with Crippen LogP contribution in [0.1, 0.15) is 11.1 Å². The summed E-state index contributed by atoms with van der Waals surface area (Å²) in [5, 5.41) is 0. The molecule has 0 aliphatic rings. The van der Waals surface area contributed by atoms with E-state index < -0.39 is 0 Å². The van der Waals surface area contributed by atoms with Crippen molar-refractivity contribution in [3.8, 4) is 11.8 Å². The number of anilines is 1. The highest BCUT2D eigenvalue weighted by Gasteiger charge is 1.96. The molecule has 0 bridgehead atoms. The lowest BCUT2D eigenvalue weighted by atomic mass is 10.1. The van der Waals surface area contributed by atoms with Crippen molar-refractivity contribution in [1.29, 1.82) is 0 Å². The summed E-state index contributed by atoms with van der Waals surface area (Å²) in [5.74, 6) is 5.30. The van der Waals surface area contributed by atoms with Crippen molar-refractivity contribution in [2.24, 2.45) is 0 Å². The molecule has 78 valence electrons. The van der Waals surface area contributed by atoms with Crippen LogP contribution in [0.25, 0.3) is 0 Å². The van der Waals surface area contributed by atoms with Gasteiger partial charge in [0.05, 0.1) is 5.56 Å². The normalized spacial score (nSPS) is 9.31. The van der Waals surface area contributed by atoms with Gasteiger partial charge in [0.1, 0.15) is 5.82 Å². The Labute approximate surface area is 93.7 Å². The van der Waals surface area contributed by atoms with Crippen LogP contribution in [0.3, 0.4) is 0 Å². The maximum absolute atomic E-state index is 13.3. The Morgan fingerprint density at radius 2 is 1.38 bits per heavy atom. The smallest absolute Gasteiger partial charge is 0.138 e. The van der Waals surface area contributed by atoms with E-state index in [0.29, 0.717) is 16.8 Å². The Hall–Kier alpha value is -2.27. The number of nitrogens with two attached hydrogens (primary N) is 1. The fraction of sp³-hybridized carbons (Fsp3) is 0. The fourth-order valence-electron chi connectivity index (χ4n) is 1.31. The van der Waals surface area contributed by atoms with Crippen molar-refractivity contribution in [3.05, 3.63) is 65.5 Å². The van der Waals surface area contributed by atoms with Gasteiger partial charge in [0.25, 0.3) is 0 Å². The maximum Gasteiger partial charge on any atom is 0.138 e. The molecule has 0 aliphatic carbocycles. The Balaban J connectivity index is 2.36. The molecule has 2 aromatic rings. The maximum atomic E-state index is 13.3. The van der Waals surface area contributed by atoms with Gasteiger partial charge in [-0.2, -0.15) is 0 Å². The topological polar surface area (TPSA) is 26.0 Å². The van der Waals surface area contributed by atoms with Gasteiger partial charge in [-0.15, -0.1) is 0 Å². The lowest BCUT2D eigenvalue weighted by molar-refractivity contribution is 0.624. The molecule has 2 aromatic carbocycles. The molecule has 0 saturated heterocycles. The van der Waals surface area contributed by atoms with Crippen LogP contribution >= 0.6 is 0 Å². The van der Waals surface area contributed by atoms with Crippen LogP contribution in [-0.4, -0.2) is 0 Å². The summed E-state index contributed by atoms with van der Waals surface area (Å²) in [4.78, 5) is 0. The van der Waals surface area contributed by atoms with E-state index in [9.17, 15) is 4.39 Å². The van der Waals surface area contributed by atoms with Crippen molar-refractivity contribution in [1.82, 2.24) is 0 Å². The number of nitrogen functional groups attached to an aromatic ring is 1. The average Bonchev–Trinajstić information content (AvgIpc) is 2.30. The minimum atomic E-state index is -0.315. The molecule has 0 aromatic heterocycles. The first-order chi connectivity index (χ1) is 7.77. The summed E-state index contributed by atoms with van der Waals surface area (Å²) < 4.78 is 13.3. The second-order valence-electron chi connectivity index (χ2n) is 3.32. The van der Waals surface area contributed by atoms with Crippen LogP contribution in [0.5, 0.6) is 0 Å². The third kappa shape index (κ3) is 2.21. The second-order valence-corrected chi connectivity index (χ2v) is 3.32. The van der Waals surface area contributed by atoms with E-state index in [2.05, 4.69) is 11.8 Å². The van der Waals surface area contributed by atoms with Crippen molar-refractivity contribution >= 4 is 5.69 Å². The molecule has 0 fully saturated rings. The van der Waals surface area contributed by atoms with Crippen LogP contribution < -0.4 is 5.73 Å². The van der Waals surface area contributed by atoms with Gasteiger partial charge in [-0.05, 0) is 24.3 Å². The molecular formula is C14H10FN. The van der Waals surface area contributed by atoms with E-state index in [1.54, 1.807) is 24.3 Å². The van der Waals surface area contributed by atoms with Gasteiger partial charge in [-0.1, -0.05) is 36.1 Å². The third-order valence-corrected chi connectivity index (χ3v) is 2.17. The minimum Gasteiger partial charge on any atom is -0.398 e. The second kappa shape index (κ2) is 4.50. The van der Waals surface area contributed by atoms with E-state index in [1.165, 1.54) is 6.07 Å². The van der Waals surface area contributed by atoms with Crippen molar-refractivity contribution in [2.45, 2.75) is 0 Å². The van der Waals surface area contributed by atoms with E-state index in [0.717, 1.165) is 0 Å². The first-order valence-corrected chi connectivity index (χ1v) is 4.88. The van der Waals surface area contributed by atoms with Crippen LogP contribution in [0.2, 0.25) is 0 Å².